The minimum absolute atomic E-state index is 0.166. The molecule has 7 nitrogen and oxygen atoms in total. The minimum atomic E-state index is -0.578. The van der Waals surface area contributed by atoms with Crippen molar-refractivity contribution in [2.45, 2.75) is 42.3 Å². The van der Waals surface area contributed by atoms with Crippen LogP contribution < -0.4 is 5.32 Å². The van der Waals surface area contributed by atoms with Gasteiger partial charge in [-0.1, -0.05) is 24.3 Å². The molecule has 0 unspecified atom stereocenters. The van der Waals surface area contributed by atoms with Gasteiger partial charge in [0.15, 0.2) is 0 Å². The summed E-state index contributed by atoms with van der Waals surface area (Å²) in [7, 11) is 0. The van der Waals surface area contributed by atoms with E-state index in [0.29, 0.717) is 47.3 Å². The van der Waals surface area contributed by atoms with Crippen molar-refractivity contribution in [1.29, 1.82) is 0 Å². The summed E-state index contributed by atoms with van der Waals surface area (Å²) in [5.74, 6) is -0.585. The Bertz CT molecular complexity index is 1170. The Morgan fingerprint density at radius 1 is 0.833 bits per heavy atom. The van der Waals surface area contributed by atoms with Gasteiger partial charge in [0, 0.05) is 29.9 Å². The summed E-state index contributed by atoms with van der Waals surface area (Å²) in [6, 6.07) is 13.2. The molecule has 3 heterocycles. The van der Waals surface area contributed by atoms with Crippen LogP contribution in [0.1, 0.15) is 56.5 Å². The third-order valence-electron chi connectivity index (χ3n) is 6.84. The Balaban J connectivity index is 1.24. The Labute approximate surface area is 218 Å². The molecule has 186 valence electrons. The van der Waals surface area contributed by atoms with Crippen LogP contribution in [-0.2, 0) is 9.59 Å². The number of benzene rings is 2. The van der Waals surface area contributed by atoms with Crippen molar-refractivity contribution in [2.24, 2.45) is 0 Å². The fourth-order valence-electron chi connectivity index (χ4n) is 4.98. The van der Waals surface area contributed by atoms with Crippen LogP contribution >= 0.6 is 23.5 Å². The lowest BCUT2D eigenvalue weighted by molar-refractivity contribution is -0.139. The van der Waals surface area contributed by atoms with E-state index in [1.54, 1.807) is 57.6 Å². The monoisotopic (exact) mass is 521 g/mol. The van der Waals surface area contributed by atoms with Crippen molar-refractivity contribution >= 4 is 53.2 Å². The number of nitrogens with one attached hydrogen (secondary N) is 1. The lowest BCUT2D eigenvalue weighted by Gasteiger charge is -2.31. The SMILES string of the molecule is O=Cc1ccc(C(=O)N2CCC[C@@H]2C(=O)N2CCC[C@H]2C(=O)Nc2ccc(C3SC=CS3)cc2)cc1. The van der Waals surface area contributed by atoms with Crippen molar-refractivity contribution in [3.05, 3.63) is 76.0 Å². The Morgan fingerprint density at radius 3 is 2.14 bits per heavy atom. The van der Waals surface area contributed by atoms with E-state index in [-0.39, 0.29) is 17.7 Å². The zero-order valence-electron chi connectivity index (χ0n) is 19.7. The van der Waals surface area contributed by atoms with E-state index in [4.69, 9.17) is 0 Å². The van der Waals surface area contributed by atoms with Gasteiger partial charge in [-0.3, -0.25) is 19.2 Å². The number of amides is 3. The summed E-state index contributed by atoms with van der Waals surface area (Å²) in [6.45, 7) is 1.00. The van der Waals surface area contributed by atoms with Crippen LogP contribution in [0.15, 0.2) is 59.3 Å². The van der Waals surface area contributed by atoms with Gasteiger partial charge in [0.05, 0.1) is 4.58 Å². The first-order chi connectivity index (χ1) is 17.5. The zero-order valence-corrected chi connectivity index (χ0v) is 21.3. The molecule has 3 aliphatic rings. The maximum atomic E-state index is 13.5. The molecule has 9 heteroatoms. The van der Waals surface area contributed by atoms with Crippen LogP contribution in [-0.4, -0.2) is 59.0 Å². The number of hydrogen-bond donors (Lipinski definition) is 1. The second-order valence-electron chi connectivity index (χ2n) is 9.07. The second-order valence-corrected chi connectivity index (χ2v) is 11.4. The smallest absolute Gasteiger partial charge is 0.254 e. The lowest BCUT2D eigenvalue weighted by atomic mass is 10.1. The van der Waals surface area contributed by atoms with E-state index in [1.165, 1.54) is 5.56 Å². The highest BCUT2D eigenvalue weighted by atomic mass is 32.2. The summed E-state index contributed by atoms with van der Waals surface area (Å²) < 4.78 is 0.345. The van der Waals surface area contributed by atoms with Crippen molar-refractivity contribution in [2.75, 3.05) is 18.4 Å². The molecular formula is C27H27N3O4S2. The molecule has 0 radical (unpaired) electrons. The van der Waals surface area contributed by atoms with E-state index in [9.17, 15) is 19.2 Å². The Morgan fingerprint density at radius 2 is 1.47 bits per heavy atom. The number of carbonyl (C=O) groups is 4. The zero-order chi connectivity index (χ0) is 25.1. The summed E-state index contributed by atoms with van der Waals surface area (Å²) in [4.78, 5) is 54.0. The maximum absolute atomic E-state index is 13.5. The molecular weight excluding hydrogens is 494 g/mol. The van der Waals surface area contributed by atoms with Crippen LogP contribution in [0.4, 0.5) is 5.69 Å². The normalized spacial score (nSPS) is 21.7. The highest BCUT2D eigenvalue weighted by Gasteiger charge is 2.42. The molecule has 0 bridgehead atoms. The molecule has 2 aromatic carbocycles. The number of anilines is 1. The number of thioether (sulfide) groups is 2. The highest BCUT2D eigenvalue weighted by molar-refractivity contribution is 8.21. The first kappa shape index (κ1) is 24.6. The van der Waals surface area contributed by atoms with Crippen molar-refractivity contribution in [3.8, 4) is 0 Å². The summed E-state index contributed by atoms with van der Waals surface area (Å²) >= 11 is 3.52. The molecule has 0 saturated carbocycles. The standard InChI is InChI=1S/C27H27N3O4S2/c31-17-18-5-7-19(8-6-18)25(33)30-14-2-4-23(30)26(34)29-13-1-3-22(29)24(32)28-21-11-9-20(10-12-21)27-35-15-16-36-27/h5-12,15-17,22-23,27H,1-4,13-14H2,(H,28,32)/t22-,23+/m0/s1. The fourth-order valence-corrected chi connectivity index (χ4v) is 7.05. The molecule has 36 heavy (non-hydrogen) atoms. The van der Waals surface area contributed by atoms with Crippen molar-refractivity contribution in [3.63, 3.8) is 0 Å². The molecule has 2 saturated heterocycles. The van der Waals surface area contributed by atoms with Gasteiger partial charge in [-0.15, -0.1) is 23.5 Å². The molecule has 3 aliphatic heterocycles. The topological polar surface area (TPSA) is 86.8 Å². The number of likely N-dealkylation sites (tertiary alicyclic amines) is 2. The molecule has 2 fully saturated rings. The predicted molar refractivity (Wildman–Crippen MR) is 143 cm³/mol. The van der Waals surface area contributed by atoms with Gasteiger partial charge in [0.1, 0.15) is 18.4 Å². The van der Waals surface area contributed by atoms with Gasteiger partial charge >= 0.3 is 0 Å². The van der Waals surface area contributed by atoms with Crippen LogP contribution in [0.25, 0.3) is 0 Å². The minimum Gasteiger partial charge on any atom is -0.329 e. The van der Waals surface area contributed by atoms with Crippen molar-refractivity contribution < 1.29 is 19.2 Å². The van der Waals surface area contributed by atoms with Gasteiger partial charge in [0.2, 0.25) is 11.8 Å². The van der Waals surface area contributed by atoms with Crippen LogP contribution in [0, 0.1) is 0 Å². The number of rotatable bonds is 6. The average molecular weight is 522 g/mol. The summed E-state index contributed by atoms with van der Waals surface area (Å²) in [5.41, 5.74) is 2.84. The van der Waals surface area contributed by atoms with E-state index >= 15 is 0 Å². The van der Waals surface area contributed by atoms with Crippen LogP contribution in [0.2, 0.25) is 0 Å². The van der Waals surface area contributed by atoms with E-state index < -0.39 is 12.1 Å². The molecule has 0 spiro atoms. The van der Waals surface area contributed by atoms with Crippen molar-refractivity contribution in [1.82, 2.24) is 9.80 Å². The number of nitrogens with zero attached hydrogens (tertiary/aromatic N) is 2. The van der Waals surface area contributed by atoms with Crippen LogP contribution in [0.3, 0.4) is 0 Å². The number of hydrogen-bond acceptors (Lipinski definition) is 6. The van der Waals surface area contributed by atoms with Crippen LogP contribution in [0.5, 0.6) is 0 Å². The fraction of sp³-hybridized carbons (Fsp3) is 0.333. The third kappa shape index (κ3) is 5.08. The summed E-state index contributed by atoms with van der Waals surface area (Å²) in [6.07, 6.45) is 3.40. The second kappa shape index (κ2) is 10.9. The van der Waals surface area contributed by atoms with E-state index in [0.717, 1.165) is 19.1 Å². The highest BCUT2D eigenvalue weighted by Crippen LogP contribution is 2.46. The lowest BCUT2D eigenvalue weighted by Crippen LogP contribution is -2.51. The molecule has 2 atom stereocenters. The van der Waals surface area contributed by atoms with Gasteiger partial charge in [-0.25, -0.2) is 0 Å². The molecule has 3 amide bonds. The molecule has 2 aromatic rings. The first-order valence-corrected chi connectivity index (χ1v) is 14.0. The Kier molecular flexibility index (Phi) is 7.48. The quantitative estimate of drug-likeness (QED) is 0.556. The number of aldehydes is 1. The summed E-state index contributed by atoms with van der Waals surface area (Å²) in [5, 5.41) is 7.14. The number of carbonyl (C=O) groups excluding carboxylic acids is 4. The Hall–Kier alpha value is -3.04. The molecule has 0 aliphatic carbocycles. The first-order valence-electron chi connectivity index (χ1n) is 12.1. The van der Waals surface area contributed by atoms with E-state index in [2.05, 4.69) is 16.1 Å². The van der Waals surface area contributed by atoms with Gasteiger partial charge in [-0.2, -0.15) is 0 Å². The van der Waals surface area contributed by atoms with E-state index in [1.807, 2.05) is 24.3 Å². The van der Waals surface area contributed by atoms with Gasteiger partial charge in [0.25, 0.3) is 5.91 Å². The largest absolute Gasteiger partial charge is 0.329 e. The molecule has 0 aromatic heterocycles. The molecule has 5 rings (SSSR count). The maximum Gasteiger partial charge on any atom is 0.254 e. The van der Waals surface area contributed by atoms with Gasteiger partial charge < -0.3 is 15.1 Å². The third-order valence-corrected chi connectivity index (χ3v) is 9.31. The molecule has 1 N–H and O–H groups in total. The average Bonchev–Trinajstić information content (AvgIpc) is 3.70. The predicted octanol–water partition coefficient (Wildman–Crippen LogP) is 4.68. The van der Waals surface area contributed by atoms with Gasteiger partial charge in [-0.05, 0) is 66.3 Å².